The molecule has 130 valence electrons. The zero-order valence-electron chi connectivity index (χ0n) is 13.8. The van der Waals surface area contributed by atoms with Crippen molar-refractivity contribution in [3.05, 3.63) is 54.2 Å². The van der Waals surface area contributed by atoms with Crippen LogP contribution in [0, 0.1) is 0 Å². The number of benzene rings is 2. The van der Waals surface area contributed by atoms with E-state index in [1.165, 1.54) is 18.2 Å². The van der Waals surface area contributed by atoms with E-state index in [0.29, 0.717) is 5.56 Å². The van der Waals surface area contributed by atoms with Gasteiger partial charge in [0.2, 0.25) is 10.0 Å². The molecule has 0 aliphatic carbocycles. The Morgan fingerprint density at radius 3 is 2.52 bits per heavy atom. The summed E-state index contributed by atoms with van der Waals surface area (Å²) in [4.78, 5) is 14.5. The van der Waals surface area contributed by atoms with Crippen LogP contribution in [-0.2, 0) is 10.0 Å². The number of hydrogen-bond acceptors (Lipinski definition) is 3. The number of aromatic carboxylic acids is 1. The van der Waals surface area contributed by atoms with Crippen molar-refractivity contribution in [3.8, 4) is 11.1 Å². The third-order valence-corrected chi connectivity index (χ3v) is 5.38. The van der Waals surface area contributed by atoms with Crippen LogP contribution in [0.15, 0.2) is 53.6 Å². The van der Waals surface area contributed by atoms with Gasteiger partial charge in [0, 0.05) is 17.8 Å². The van der Waals surface area contributed by atoms with Gasteiger partial charge in [0.15, 0.2) is 0 Å². The highest BCUT2D eigenvalue weighted by Crippen LogP contribution is 2.27. The Kier molecular flexibility index (Phi) is 4.36. The summed E-state index contributed by atoms with van der Waals surface area (Å²) in [6.07, 6.45) is 1.81. The monoisotopic (exact) mass is 358 g/mol. The van der Waals surface area contributed by atoms with E-state index in [2.05, 4.69) is 9.71 Å². The summed E-state index contributed by atoms with van der Waals surface area (Å²) in [7, 11) is -3.80. The molecule has 6 nitrogen and oxygen atoms in total. The number of carboxylic acid groups (broad SMARTS) is 1. The van der Waals surface area contributed by atoms with Crippen molar-refractivity contribution in [3.63, 3.8) is 0 Å². The van der Waals surface area contributed by atoms with Gasteiger partial charge < -0.3 is 10.1 Å². The van der Waals surface area contributed by atoms with Crippen LogP contribution in [0.1, 0.15) is 24.2 Å². The molecule has 0 unspecified atom stereocenters. The van der Waals surface area contributed by atoms with Crippen molar-refractivity contribution in [1.29, 1.82) is 0 Å². The van der Waals surface area contributed by atoms with Crippen LogP contribution in [0.4, 0.5) is 0 Å². The average Bonchev–Trinajstić information content (AvgIpc) is 3.00. The van der Waals surface area contributed by atoms with Crippen molar-refractivity contribution < 1.29 is 18.3 Å². The summed E-state index contributed by atoms with van der Waals surface area (Å²) >= 11 is 0. The number of nitrogens with one attached hydrogen (secondary N) is 2. The molecule has 0 radical (unpaired) electrons. The lowest BCUT2D eigenvalue weighted by Gasteiger charge is -2.12. The van der Waals surface area contributed by atoms with Crippen LogP contribution in [0.25, 0.3) is 22.0 Å². The van der Waals surface area contributed by atoms with Crippen molar-refractivity contribution in [2.45, 2.75) is 24.8 Å². The van der Waals surface area contributed by atoms with Gasteiger partial charge in [-0.2, -0.15) is 0 Å². The number of sulfonamides is 1. The normalized spacial score (nSPS) is 12.0. The minimum atomic E-state index is -3.80. The number of rotatable bonds is 5. The quantitative estimate of drug-likeness (QED) is 0.652. The van der Waals surface area contributed by atoms with Gasteiger partial charge in [-0.25, -0.2) is 17.9 Å². The number of hydrogen-bond donors (Lipinski definition) is 3. The first-order valence-electron chi connectivity index (χ1n) is 7.74. The zero-order valence-corrected chi connectivity index (χ0v) is 14.6. The minimum absolute atomic E-state index is 0.0646. The van der Waals surface area contributed by atoms with Gasteiger partial charge in [-0.05, 0) is 66.8 Å². The highest BCUT2D eigenvalue weighted by Gasteiger charge is 2.19. The fourth-order valence-corrected chi connectivity index (χ4v) is 3.98. The molecule has 0 aliphatic heterocycles. The molecular formula is C18H18N2O4S. The molecule has 1 aromatic heterocycles. The van der Waals surface area contributed by atoms with Crippen LogP contribution in [-0.4, -0.2) is 30.5 Å². The van der Waals surface area contributed by atoms with Gasteiger partial charge in [0.25, 0.3) is 0 Å². The van der Waals surface area contributed by atoms with Crippen molar-refractivity contribution in [2.75, 3.05) is 0 Å². The summed E-state index contributed by atoms with van der Waals surface area (Å²) < 4.78 is 27.4. The largest absolute Gasteiger partial charge is 0.478 e. The lowest BCUT2D eigenvalue weighted by atomic mass is 10.0. The molecule has 0 fully saturated rings. The Bertz CT molecular complexity index is 1050. The number of carbonyl (C=O) groups is 1. The van der Waals surface area contributed by atoms with E-state index in [0.717, 1.165) is 16.5 Å². The summed E-state index contributed by atoms with van der Waals surface area (Å²) in [5.74, 6) is -1.18. The molecule has 0 atom stereocenters. The van der Waals surface area contributed by atoms with E-state index in [-0.39, 0.29) is 16.5 Å². The molecule has 0 aliphatic rings. The Hall–Kier alpha value is -2.64. The van der Waals surface area contributed by atoms with Crippen LogP contribution >= 0.6 is 0 Å². The van der Waals surface area contributed by atoms with E-state index in [1.54, 1.807) is 13.8 Å². The smallest absolute Gasteiger partial charge is 0.335 e. The Morgan fingerprint density at radius 1 is 1.08 bits per heavy atom. The van der Waals surface area contributed by atoms with Crippen molar-refractivity contribution >= 4 is 26.9 Å². The summed E-state index contributed by atoms with van der Waals surface area (Å²) in [6.45, 7) is 3.42. The first-order chi connectivity index (χ1) is 11.8. The SMILES string of the molecule is CC(C)NS(=O)(=O)c1cc(C(=O)O)cc(-c2ccc3[nH]ccc3c2)c1. The van der Waals surface area contributed by atoms with Crippen molar-refractivity contribution in [2.24, 2.45) is 0 Å². The van der Waals surface area contributed by atoms with Gasteiger partial charge in [0.1, 0.15) is 0 Å². The highest BCUT2D eigenvalue weighted by molar-refractivity contribution is 7.89. The molecule has 0 saturated carbocycles. The lowest BCUT2D eigenvalue weighted by Crippen LogP contribution is -2.30. The number of aromatic amines is 1. The molecular weight excluding hydrogens is 340 g/mol. The number of aromatic nitrogens is 1. The molecule has 25 heavy (non-hydrogen) atoms. The summed E-state index contributed by atoms with van der Waals surface area (Å²) in [5.41, 5.74) is 2.16. The predicted octanol–water partition coefficient (Wildman–Crippen LogP) is 3.22. The molecule has 7 heteroatoms. The third kappa shape index (κ3) is 3.57. The van der Waals surface area contributed by atoms with Crippen molar-refractivity contribution in [1.82, 2.24) is 9.71 Å². The van der Waals surface area contributed by atoms with Gasteiger partial charge >= 0.3 is 5.97 Å². The van der Waals surface area contributed by atoms with Crippen LogP contribution in [0.2, 0.25) is 0 Å². The Labute approximate surface area is 145 Å². The van der Waals surface area contributed by atoms with Crippen LogP contribution < -0.4 is 4.72 Å². The first kappa shape index (κ1) is 17.2. The second-order valence-corrected chi connectivity index (χ2v) is 7.82. The fourth-order valence-electron chi connectivity index (χ4n) is 2.66. The molecule has 0 amide bonds. The molecule has 0 saturated heterocycles. The van der Waals surface area contributed by atoms with E-state index in [1.807, 2.05) is 30.5 Å². The first-order valence-corrected chi connectivity index (χ1v) is 9.23. The molecule has 3 rings (SSSR count). The zero-order chi connectivity index (χ0) is 18.2. The molecule has 0 bridgehead atoms. The lowest BCUT2D eigenvalue weighted by molar-refractivity contribution is 0.0696. The average molecular weight is 358 g/mol. The third-order valence-electron chi connectivity index (χ3n) is 3.74. The second-order valence-electron chi connectivity index (χ2n) is 6.11. The van der Waals surface area contributed by atoms with Gasteiger partial charge in [-0.1, -0.05) is 6.07 Å². The highest BCUT2D eigenvalue weighted by atomic mass is 32.2. The molecule has 1 heterocycles. The maximum atomic E-state index is 12.5. The van der Waals surface area contributed by atoms with Crippen LogP contribution in [0.3, 0.4) is 0 Å². The summed E-state index contributed by atoms with van der Waals surface area (Å²) in [6, 6.07) is 11.3. The van der Waals surface area contributed by atoms with Gasteiger partial charge in [-0.3, -0.25) is 0 Å². The maximum Gasteiger partial charge on any atom is 0.335 e. The van der Waals surface area contributed by atoms with E-state index in [9.17, 15) is 18.3 Å². The number of H-pyrrole nitrogens is 1. The summed E-state index contributed by atoms with van der Waals surface area (Å²) in [5, 5.41) is 10.3. The Morgan fingerprint density at radius 2 is 1.84 bits per heavy atom. The molecule has 0 spiro atoms. The minimum Gasteiger partial charge on any atom is -0.478 e. The van der Waals surface area contributed by atoms with E-state index < -0.39 is 16.0 Å². The van der Waals surface area contributed by atoms with Gasteiger partial charge in [0.05, 0.1) is 10.5 Å². The van der Waals surface area contributed by atoms with Gasteiger partial charge in [-0.15, -0.1) is 0 Å². The Balaban J connectivity index is 2.17. The maximum absolute atomic E-state index is 12.5. The topological polar surface area (TPSA) is 99.3 Å². The van der Waals surface area contributed by atoms with E-state index in [4.69, 9.17) is 0 Å². The standard InChI is InChI=1S/C18H18N2O4S/c1-11(2)20-25(23,24)16-9-14(8-15(10-16)18(21)22)12-3-4-17-13(7-12)5-6-19-17/h3-11,19-20H,1-2H3,(H,21,22). The molecule has 3 aromatic rings. The molecule has 2 aromatic carbocycles. The van der Waals surface area contributed by atoms with E-state index >= 15 is 0 Å². The second kappa shape index (κ2) is 6.34. The van der Waals surface area contributed by atoms with Crippen LogP contribution in [0.5, 0.6) is 0 Å². The fraction of sp³-hybridized carbons (Fsp3) is 0.167. The number of fused-ring (bicyclic) bond motifs is 1. The number of carboxylic acids is 1. The molecule has 3 N–H and O–H groups in total. The predicted molar refractivity (Wildman–Crippen MR) is 96.2 cm³/mol.